The van der Waals surface area contributed by atoms with Crippen LogP contribution in [0, 0.1) is 20.8 Å². The van der Waals surface area contributed by atoms with Gasteiger partial charge in [0.2, 0.25) is 5.91 Å². The standard InChI is InChI=1S/C24H25N5O/c1-5-18-10-12-19(13-11-18)26-22(30)14-21-16(3)25-24-27-23(28-29(24)17(21)4)20-9-7-6-8-15(20)2/h6-13H,5,14H2,1-4H3,(H,26,30). The van der Waals surface area contributed by atoms with E-state index in [4.69, 9.17) is 0 Å². The Morgan fingerprint density at radius 1 is 1.00 bits per heavy atom. The molecule has 152 valence electrons. The number of hydrogen-bond acceptors (Lipinski definition) is 4. The van der Waals surface area contributed by atoms with Gasteiger partial charge in [0.15, 0.2) is 5.82 Å². The van der Waals surface area contributed by atoms with Crippen molar-refractivity contribution < 1.29 is 4.79 Å². The molecular weight excluding hydrogens is 374 g/mol. The monoisotopic (exact) mass is 399 g/mol. The molecule has 30 heavy (non-hydrogen) atoms. The minimum Gasteiger partial charge on any atom is -0.326 e. The highest BCUT2D eigenvalue weighted by Gasteiger charge is 2.17. The summed E-state index contributed by atoms with van der Waals surface area (Å²) in [4.78, 5) is 21.9. The van der Waals surface area contributed by atoms with Crippen LogP contribution in [0.1, 0.15) is 35.0 Å². The second kappa shape index (κ2) is 8.06. The van der Waals surface area contributed by atoms with Crippen molar-refractivity contribution >= 4 is 17.4 Å². The fraction of sp³-hybridized carbons (Fsp3) is 0.250. The van der Waals surface area contributed by atoms with Crippen LogP contribution in [0.5, 0.6) is 0 Å². The largest absolute Gasteiger partial charge is 0.326 e. The van der Waals surface area contributed by atoms with Crippen LogP contribution >= 0.6 is 0 Å². The zero-order valence-electron chi connectivity index (χ0n) is 17.7. The predicted octanol–water partition coefficient (Wildman–Crippen LogP) is 4.46. The molecule has 2 aromatic carbocycles. The molecule has 6 heteroatoms. The Kier molecular flexibility index (Phi) is 5.31. The maximum Gasteiger partial charge on any atom is 0.253 e. The van der Waals surface area contributed by atoms with Crippen molar-refractivity contribution in [3.63, 3.8) is 0 Å². The summed E-state index contributed by atoms with van der Waals surface area (Å²) in [6, 6.07) is 15.9. The molecular formula is C24H25N5O. The molecule has 2 heterocycles. The second-order valence-corrected chi connectivity index (χ2v) is 7.50. The van der Waals surface area contributed by atoms with Crippen LogP contribution in [0.15, 0.2) is 48.5 Å². The van der Waals surface area contributed by atoms with E-state index in [1.165, 1.54) is 5.56 Å². The van der Waals surface area contributed by atoms with Gasteiger partial charge in [-0.25, -0.2) is 9.50 Å². The summed E-state index contributed by atoms with van der Waals surface area (Å²) in [7, 11) is 0. The lowest BCUT2D eigenvalue weighted by Gasteiger charge is -2.11. The van der Waals surface area contributed by atoms with Gasteiger partial charge in [-0.2, -0.15) is 4.98 Å². The summed E-state index contributed by atoms with van der Waals surface area (Å²) in [5.74, 6) is 1.11. The molecule has 1 amide bonds. The van der Waals surface area contributed by atoms with E-state index >= 15 is 0 Å². The summed E-state index contributed by atoms with van der Waals surface area (Å²) >= 11 is 0. The third kappa shape index (κ3) is 3.81. The first-order valence-corrected chi connectivity index (χ1v) is 10.1. The van der Waals surface area contributed by atoms with Gasteiger partial charge in [0, 0.05) is 28.2 Å². The Balaban J connectivity index is 1.62. The van der Waals surface area contributed by atoms with Crippen molar-refractivity contribution in [3.05, 3.63) is 76.6 Å². The SMILES string of the molecule is CCc1ccc(NC(=O)Cc2c(C)nc3nc(-c4ccccc4C)nn3c2C)cc1. The molecule has 4 aromatic rings. The van der Waals surface area contributed by atoms with E-state index in [9.17, 15) is 4.79 Å². The van der Waals surface area contributed by atoms with E-state index in [0.29, 0.717) is 11.6 Å². The molecule has 0 saturated heterocycles. The lowest BCUT2D eigenvalue weighted by atomic mass is 10.1. The number of aromatic nitrogens is 4. The molecule has 0 bridgehead atoms. The summed E-state index contributed by atoms with van der Waals surface area (Å²) < 4.78 is 1.73. The highest BCUT2D eigenvalue weighted by Crippen LogP contribution is 2.22. The maximum atomic E-state index is 12.7. The van der Waals surface area contributed by atoms with Gasteiger partial charge in [-0.05, 0) is 50.5 Å². The second-order valence-electron chi connectivity index (χ2n) is 7.50. The molecule has 0 aliphatic carbocycles. The first kappa shape index (κ1) is 19.8. The number of amides is 1. The fourth-order valence-corrected chi connectivity index (χ4v) is 3.59. The Hall–Kier alpha value is -3.54. The normalized spacial score (nSPS) is 11.1. The van der Waals surface area contributed by atoms with Crippen molar-refractivity contribution in [2.75, 3.05) is 5.32 Å². The van der Waals surface area contributed by atoms with Gasteiger partial charge in [-0.3, -0.25) is 4.79 Å². The van der Waals surface area contributed by atoms with E-state index in [1.54, 1.807) is 4.52 Å². The first-order valence-electron chi connectivity index (χ1n) is 10.1. The number of nitrogens with zero attached hydrogens (tertiary/aromatic N) is 4. The van der Waals surface area contributed by atoms with Gasteiger partial charge in [0.1, 0.15) is 0 Å². The molecule has 4 rings (SSSR count). The van der Waals surface area contributed by atoms with E-state index in [2.05, 4.69) is 27.3 Å². The van der Waals surface area contributed by atoms with Crippen molar-refractivity contribution in [2.24, 2.45) is 0 Å². The first-order chi connectivity index (χ1) is 14.5. The number of rotatable bonds is 5. The quantitative estimate of drug-likeness (QED) is 0.538. The molecule has 2 aromatic heterocycles. The lowest BCUT2D eigenvalue weighted by molar-refractivity contribution is -0.115. The number of anilines is 1. The number of nitrogens with one attached hydrogen (secondary N) is 1. The van der Waals surface area contributed by atoms with E-state index < -0.39 is 0 Å². The minimum atomic E-state index is -0.0779. The zero-order valence-corrected chi connectivity index (χ0v) is 17.7. The molecule has 0 atom stereocenters. The van der Waals surface area contributed by atoms with Crippen LogP contribution in [0.4, 0.5) is 5.69 Å². The van der Waals surface area contributed by atoms with Gasteiger partial charge < -0.3 is 5.32 Å². The molecule has 0 saturated carbocycles. The van der Waals surface area contributed by atoms with E-state index in [1.807, 2.05) is 69.3 Å². The van der Waals surface area contributed by atoms with E-state index in [-0.39, 0.29) is 12.3 Å². The zero-order chi connectivity index (χ0) is 21.3. The summed E-state index contributed by atoms with van der Waals surface area (Å²) in [5, 5.41) is 7.64. The van der Waals surface area contributed by atoms with Crippen LogP contribution in [0.2, 0.25) is 0 Å². The number of fused-ring (bicyclic) bond motifs is 1. The highest BCUT2D eigenvalue weighted by molar-refractivity contribution is 5.92. The summed E-state index contributed by atoms with van der Waals surface area (Å²) in [6.07, 6.45) is 1.20. The number of hydrogen-bond donors (Lipinski definition) is 1. The smallest absolute Gasteiger partial charge is 0.253 e. The Morgan fingerprint density at radius 2 is 1.73 bits per heavy atom. The Bertz CT molecular complexity index is 1220. The minimum absolute atomic E-state index is 0.0779. The average Bonchev–Trinajstić information content (AvgIpc) is 3.16. The highest BCUT2D eigenvalue weighted by atomic mass is 16.1. The molecule has 0 aliphatic rings. The van der Waals surface area contributed by atoms with Crippen molar-refractivity contribution in [1.29, 1.82) is 0 Å². The maximum absolute atomic E-state index is 12.7. The van der Waals surface area contributed by atoms with Crippen molar-refractivity contribution in [2.45, 2.75) is 40.5 Å². The number of carbonyl (C=O) groups excluding carboxylic acids is 1. The molecule has 0 unspecified atom stereocenters. The number of aryl methyl sites for hydroxylation is 4. The van der Waals surface area contributed by atoms with Gasteiger partial charge in [0.25, 0.3) is 5.78 Å². The molecule has 0 fully saturated rings. The van der Waals surface area contributed by atoms with Crippen molar-refractivity contribution in [3.8, 4) is 11.4 Å². The molecule has 1 N–H and O–H groups in total. The van der Waals surface area contributed by atoms with Crippen LogP contribution in [0.3, 0.4) is 0 Å². The van der Waals surface area contributed by atoms with Gasteiger partial charge in [-0.15, -0.1) is 5.10 Å². The molecule has 0 aliphatic heterocycles. The van der Waals surface area contributed by atoms with E-state index in [0.717, 1.165) is 40.2 Å². The molecule has 0 spiro atoms. The van der Waals surface area contributed by atoms with Gasteiger partial charge in [0.05, 0.1) is 6.42 Å². The van der Waals surface area contributed by atoms with Crippen molar-refractivity contribution in [1.82, 2.24) is 19.6 Å². The van der Waals surface area contributed by atoms with Crippen LogP contribution in [0.25, 0.3) is 17.2 Å². The summed E-state index contributed by atoms with van der Waals surface area (Å²) in [6.45, 7) is 8.01. The predicted molar refractivity (Wildman–Crippen MR) is 119 cm³/mol. The van der Waals surface area contributed by atoms with Gasteiger partial charge >= 0.3 is 0 Å². The lowest BCUT2D eigenvalue weighted by Crippen LogP contribution is -2.17. The summed E-state index contributed by atoms with van der Waals surface area (Å²) in [5.41, 5.74) is 6.66. The Morgan fingerprint density at radius 3 is 2.43 bits per heavy atom. The number of carbonyl (C=O) groups is 1. The van der Waals surface area contributed by atoms with Gasteiger partial charge in [-0.1, -0.05) is 43.3 Å². The Labute approximate surface area is 176 Å². The third-order valence-electron chi connectivity index (χ3n) is 5.42. The topological polar surface area (TPSA) is 72.2 Å². The van der Waals surface area contributed by atoms with Crippen LogP contribution in [-0.4, -0.2) is 25.5 Å². The average molecular weight is 399 g/mol. The third-order valence-corrected chi connectivity index (χ3v) is 5.42. The molecule has 0 radical (unpaired) electrons. The fourth-order valence-electron chi connectivity index (χ4n) is 3.59. The number of benzene rings is 2. The molecule has 6 nitrogen and oxygen atoms in total. The van der Waals surface area contributed by atoms with Crippen LogP contribution < -0.4 is 5.32 Å². The van der Waals surface area contributed by atoms with Crippen LogP contribution in [-0.2, 0) is 17.6 Å².